The largest absolute Gasteiger partial charge is 0.314 e. The summed E-state index contributed by atoms with van der Waals surface area (Å²) in [6.07, 6.45) is 0.862. The summed E-state index contributed by atoms with van der Waals surface area (Å²) in [6.45, 7) is 11.9. The van der Waals surface area contributed by atoms with Crippen LogP contribution in [0.3, 0.4) is 0 Å². The molecule has 0 saturated carbocycles. The van der Waals surface area contributed by atoms with E-state index in [1.165, 1.54) is 0 Å². The predicted octanol–water partition coefficient (Wildman–Crippen LogP) is 2.38. The number of likely N-dealkylation sites (N-methyl/N-ethyl adjacent to an activating group) is 1. The molecule has 0 aromatic carbocycles. The van der Waals surface area contributed by atoms with Crippen molar-refractivity contribution in [3.63, 3.8) is 0 Å². The van der Waals surface area contributed by atoms with Gasteiger partial charge in [-0.1, -0.05) is 33.5 Å². The van der Waals surface area contributed by atoms with Crippen LogP contribution in [-0.4, -0.2) is 30.5 Å². The van der Waals surface area contributed by atoms with Crippen LogP contribution in [0.1, 0.15) is 20.3 Å². The van der Waals surface area contributed by atoms with E-state index in [1.54, 1.807) is 0 Å². The molecule has 2 nitrogen and oxygen atoms in total. The van der Waals surface area contributed by atoms with Crippen molar-refractivity contribution < 1.29 is 4.79 Å². The maximum atomic E-state index is 11.3. The predicted molar refractivity (Wildman–Crippen MR) is 63.8 cm³/mol. The zero-order valence-electron chi connectivity index (χ0n) is 9.29. The Kier molecular flexibility index (Phi) is 5.25. The molecule has 0 amide bonds. The van der Waals surface area contributed by atoms with E-state index in [2.05, 4.69) is 43.8 Å². The van der Waals surface area contributed by atoms with Gasteiger partial charge in [0.05, 0.1) is 6.04 Å². The van der Waals surface area contributed by atoms with Crippen molar-refractivity contribution in [2.45, 2.75) is 46.0 Å². The van der Waals surface area contributed by atoms with Gasteiger partial charge in [-0.25, -0.2) is 0 Å². The van der Waals surface area contributed by atoms with Crippen molar-refractivity contribution in [2.75, 3.05) is 6.54 Å². The second-order valence-electron chi connectivity index (χ2n) is 4.22. The van der Waals surface area contributed by atoms with Gasteiger partial charge in [-0.15, -0.1) is 12.6 Å². The van der Waals surface area contributed by atoms with Gasteiger partial charge in [-0.2, -0.15) is 0 Å². The van der Waals surface area contributed by atoms with Crippen LogP contribution in [0.5, 0.6) is 0 Å². The van der Waals surface area contributed by atoms with Gasteiger partial charge >= 0.3 is 0 Å². The maximum absolute atomic E-state index is 11.3. The minimum Gasteiger partial charge on any atom is -0.314 e. The van der Waals surface area contributed by atoms with E-state index in [1.807, 2.05) is 6.92 Å². The van der Waals surface area contributed by atoms with Crippen LogP contribution in [0.2, 0.25) is 19.6 Å². The summed E-state index contributed by atoms with van der Waals surface area (Å²) in [6, 6.07) is 0.0139. The third kappa shape index (κ3) is 3.83. The molecule has 0 N–H and O–H groups in total. The van der Waals surface area contributed by atoms with Crippen LogP contribution in [0.15, 0.2) is 0 Å². The summed E-state index contributed by atoms with van der Waals surface area (Å²) < 4.78 is 2.32. The molecule has 0 aliphatic heterocycles. The van der Waals surface area contributed by atoms with Crippen LogP contribution in [-0.2, 0) is 4.79 Å². The van der Waals surface area contributed by atoms with Crippen molar-refractivity contribution in [2.24, 2.45) is 0 Å². The third-order valence-corrected chi connectivity index (χ3v) is 4.90. The standard InChI is InChI=1S/C9H21NOSSi/c1-6-8(9(11)12)10(7-2)13(3,4)5/h8H,6-7H2,1-5H3,(H,11,12). The van der Waals surface area contributed by atoms with Crippen LogP contribution in [0.25, 0.3) is 0 Å². The highest BCUT2D eigenvalue weighted by atomic mass is 32.1. The topological polar surface area (TPSA) is 20.3 Å². The molecule has 0 aliphatic carbocycles. The van der Waals surface area contributed by atoms with E-state index in [9.17, 15) is 4.79 Å². The molecular weight excluding hydrogens is 198 g/mol. The van der Waals surface area contributed by atoms with Gasteiger partial charge in [-0.05, 0) is 13.0 Å². The average Bonchev–Trinajstić information content (AvgIpc) is 1.96. The van der Waals surface area contributed by atoms with Crippen LogP contribution in [0, 0.1) is 0 Å². The number of hydrogen-bond donors (Lipinski definition) is 1. The van der Waals surface area contributed by atoms with Crippen LogP contribution in [0.4, 0.5) is 0 Å². The fourth-order valence-electron chi connectivity index (χ4n) is 1.69. The van der Waals surface area contributed by atoms with Gasteiger partial charge in [0, 0.05) is 0 Å². The number of nitrogens with zero attached hydrogens (tertiary/aromatic N) is 1. The monoisotopic (exact) mass is 219 g/mol. The lowest BCUT2D eigenvalue weighted by atomic mass is 10.2. The second-order valence-corrected chi connectivity index (χ2v) is 9.58. The Balaban J connectivity index is 4.63. The Morgan fingerprint density at radius 3 is 1.92 bits per heavy atom. The van der Waals surface area contributed by atoms with Gasteiger partial charge in [0.1, 0.15) is 8.24 Å². The molecule has 0 spiro atoms. The second kappa shape index (κ2) is 5.17. The summed E-state index contributed by atoms with van der Waals surface area (Å²) in [5, 5.41) is 0.00627. The molecule has 0 radical (unpaired) electrons. The lowest BCUT2D eigenvalue weighted by molar-refractivity contribution is -0.114. The van der Waals surface area contributed by atoms with Crippen molar-refractivity contribution in [1.82, 2.24) is 4.57 Å². The van der Waals surface area contributed by atoms with Crippen molar-refractivity contribution >= 4 is 26.0 Å². The Labute approximate surface area is 88.2 Å². The average molecular weight is 219 g/mol. The number of rotatable bonds is 5. The quantitative estimate of drug-likeness (QED) is 0.566. The lowest BCUT2D eigenvalue weighted by Gasteiger charge is -2.38. The smallest absolute Gasteiger partial charge is 0.202 e. The molecule has 4 heteroatoms. The van der Waals surface area contributed by atoms with E-state index in [0.717, 1.165) is 13.0 Å². The summed E-state index contributed by atoms with van der Waals surface area (Å²) in [5.41, 5.74) is 0. The molecule has 0 saturated heterocycles. The van der Waals surface area contributed by atoms with E-state index >= 15 is 0 Å². The number of carbonyl (C=O) groups excluding carboxylic acids is 1. The number of thiol groups is 1. The summed E-state index contributed by atoms with van der Waals surface area (Å²) in [7, 11) is -1.37. The molecule has 0 aliphatic rings. The molecule has 1 atom stereocenters. The molecule has 0 bridgehead atoms. The Bertz CT molecular complexity index is 179. The Hall–Kier alpha value is 0.197. The molecule has 0 heterocycles. The Morgan fingerprint density at radius 2 is 1.85 bits per heavy atom. The molecule has 1 unspecified atom stereocenters. The number of carbonyl (C=O) groups is 1. The van der Waals surface area contributed by atoms with Gasteiger partial charge in [0.2, 0.25) is 5.12 Å². The maximum Gasteiger partial charge on any atom is 0.202 e. The first-order valence-electron chi connectivity index (χ1n) is 4.84. The Morgan fingerprint density at radius 1 is 1.38 bits per heavy atom. The first kappa shape index (κ1) is 13.2. The highest BCUT2D eigenvalue weighted by molar-refractivity contribution is 7.96. The van der Waals surface area contributed by atoms with Crippen molar-refractivity contribution in [1.29, 1.82) is 0 Å². The SMILES string of the molecule is CCC(C(=O)S)N(CC)[Si](C)(C)C. The van der Waals surface area contributed by atoms with E-state index in [-0.39, 0.29) is 11.2 Å². The molecule has 0 aromatic heterocycles. The molecule has 0 aromatic rings. The van der Waals surface area contributed by atoms with Gasteiger partial charge in [0.25, 0.3) is 0 Å². The molecular formula is C9H21NOSSi. The summed E-state index contributed by atoms with van der Waals surface area (Å²) >= 11 is 3.94. The zero-order valence-corrected chi connectivity index (χ0v) is 11.2. The molecule has 13 heavy (non-hydrogen) atoms. The van der Waals surface area contributed by atoms with E-state index < -0.39 is 8.24 Å². The minimum atomic E-state index is -1.37. The summed E-state index contributed by atoms with van der Waals surface area (Å²) in [4.78, 5) is 11.3. The first-order valence-corrected chi connectivity index (χ1v) is 8.73. The fraction of sp³-hybridized carbons (Fsp3) is 0.889. The first-order chi connectivity index (χ1) is 5.84. The zero-order chi connectivity index (χ0) is 10.6. The van der Waals surface area contributed by atoms with Gasteiger partial charge < -0.3 is 4.57 Å². The molecule has 0 fully saturated rings. The molecule has 78 valence electrons. The van der Waals surface area contributed by atoms with Gasteiger partial charge in [0.15, 0.2) is 0 Å². The van der Waals surface area contributed by atoms with Crippen LogP contribution >= 0.6 is 12.6 Å². The third-order valence-electron chi connectivity index (χ3n) is 2.25. The lowest BCUT2D eigenvalue weighted by Crippen LogP contribution is -2.53. The normalized spacial score (nSPS) is 14.7. The van der Waals surface area contributed by atoms with Crippen LogP contribution < -0.4 is 0 Å². The van der Waals surface area contributed by atoms with E-state index in [4.69, 9.17) is 0 Å². The number of hydrogen-bond acceptors (Lipinski definition) is 2. The summed E-state index contributed by atoms with van der Waals surface area (Å²) in [5.74, 6) is 0. The van der Waals surface area contributed by atoms with Gasteiger partial charge in [-0.3, -0.25) is 4.79 Å². The molecule has 0 rings (SSSR count). The highest BCUT2D eigenvalue weighted by Gasteiger charge is 2.30. The van der Waals surface area contributed by atoms with Crippen molar-refractivity contribution in [3.8, 4) is 0 Å². The fourth-order valence-corrected chi connectivity index (χ4v) is 4.30. The van der Waals surface area contributed by atoms with E-state index in [0.29, 0.717) is 0 Å². The highest BCUT2D eigenvalue weighted by Crippen LogP contribution is 2.17. The van der Waals surface area contributed by atoms with Crippen molar-refractivity contribution in [3.05, 3.63) is 0 Å². The minimum absolute atomic E-state index is 0.00627.